The molecule has 0 unspecified atom stereocenters. The zero-order valence-corrected chi connectivity index (χ0v) is 37.9. The SMILES string of the molecule is CC[C@H](C)[C@H](NC(=O)OC)C(=O)N1[C@@H](C)CC[C@H]1c1nc(-c2ccc3c(c2)COc2cc4c(ccc5[nH]c([C@@H]6CC[C@H](C)N6C(=O)[C@@H](NC(=O)OC)[C@@H](C)CC)nc54)cc2-3)c(Cl)[nH]1. The number of rotatable bonds is 11. The molecule has 0 radical (unpaired) electrons. The molecule has 15 nitrogen and oxygen atoms in total. The second kappa shape index (κ2) is 17.7. The molecule has 334 valence electrons. The first-order valence-corrected chi connectivity index (χ1v) is 22.5. The molecule has 0 saturated carbocycles. The number of hydrogen-bond acceptors (Lipinski definition) is 9. The highest BCUT2D eigenvalue weighted by atomic mass is 35.5. The molecule has 4 N–H and O–H groups in total. The van der Waals surface area contributed by atoms with Gasteiger partial charge >= 0.3 is 12.2 Å². The summed E-state index contributed by atoms with van der Waals surface area (Å²) in [5.41, 5.74) is 6.04. The van der Waals surface area contributed by atoms with Gasteiger partial charge in [-0.1, -0.05) is 70.3 Å². The Kier molecular flexibility index (Phi) is 12.3. The third-order valence-corrected chi connectivity index (χ3v) is 13.9. The van der Waals surface area contributed by atoms with E-state index in [1.165, 1.54) is 14.2 Å². The summed E-state index contributed by atoms with van der Waals surface area (Å²) in [6.07, 6.45) is 3.17. The fourth-order valence-electron chi connectivity index (χ4n) is 9.64. The standard InChI is InChI=1S/C47H57ClN8O7/c1-9-23(3)37(52-46(59)61-7)44(57)55-25(5)11-17-34(55)42-49-33-16-14-27-20-32-30-15-13-28(19-29(30)22-63-36(32)21-31(27)40(33)51-42)39-41(48)54-43(50-39)35-18-12-26(6)56(35)45(58)38(24(4)10-2)53-47(60)62-8/h13-16,19-21,23-26,34-35,37-38H,9-12,17-18,22H2,1-8H3,(H,49,51)(H,50,54)(H,52,59)(H,53,60)/t23-,24-,25-,26-,34-,35-,37-,38-/m0/s1. The first-order chi connectivity index (χ1) is 30.3. The van der Waals surface area contributed by atoms with Crippen LogP contribution in [0.4, 0.5) is 9.59 Å². The monoisotopic (exact) mass is 880 g/mol. The zero-order chi connectivity index (χ0) is 44.9. The van der Waals surface area contributed by atoms with Crippen molar-refractivity contribution in [2.45, 2.75) is 123 Å². The maximum absolute atomic E-state index is 14.1. The van der Waals surface area contributed by atoms with Crippen LogP contribution in [-0.4, -0.2) is 92.1 Å². The van der Waals surface area contributed by atoms with Crippen LogP contribution >= 0.6 is 11.6 Å². The van der Waals surface area contributed by atoms with E-state index in [1.807, 2.05) is 69.5 Å². The number of nitrogens with one attached hydrogen (secondary N) is 4. The number of hydrogen-bond donors (Lipinski definition) is 4. The molecular weight excluding hydrogens is 824 g/mol. The van der Waals surface area contributed by atoms with Crippen LogP contribution in [0.5, 0.6) is 5.75 Å². The van der Waals surface area contributed by atoms with Gasteiger partial charge in [-0.3, -0.25) is 9.59 Å². The molecule has 0 spiro atoms. The highest BCUT2D eigenvalue weighted by molar-refractivity contribution is 6.32. The lowest BCUT2D eigenvalue weighted by atomic mass is 9.92. The van der Waals surface area contributed by atoms with Gasteiger partial charge in [0.1, 0.15) is 46.9 Å². The summed E-state index contributed by atoms with van der Waals surface area (Å²) in [7, 11) is 2.59. The van der Waals surface area contributed by atoms with Crippen molar-refractivity contribution in [3.8, 4) is 28.1 Å². The molecule has 2 aromatic heterocycles. The molecule has 4 amide bonds. The molecule has 2 saturated heterocycles. The number of aromatic nitrogens is 4. The molecule has 3 aromatic carbocycles. The minimum Gasteiger partial charge on any atom is -0.488 e. The average molecular weight is 881 g/mol. The van der Waals surface area contributed by atoms with Crippen molar-refractivity contribution in [1.29, 1.82) is 0 Å². The highest BCUT2D eigenvalue weighted by Gasteiger charge is 2.43. The number of nitrogens with zero attached hydrogens (tertiary/aromatic N) is 4. The summed E-state index contributed by atoms with van der Waals surface area (Å²) in [5, 5.41) is 7.85. The predicted octanol–water partition coefficient (Wildman–Crippen LogP) is 8.96. The number of aromatic amines is 2. The lowest BCUT2D eigenvalue weighted by Crippen LogP contribution is -2.53. The van der Waals surface area contributed by atoms with E-state index in [9.17, 15) is 19.2 Å². The number of likely N-dealkylation sites (tertiary alicyclic amines) is 2. The Bertz CT molecular complexity index is 2570. The maximum atomic E-state index is 14.1. The van der Waals surface area contributed by atoms with Crippen molar-refractivity contribution in [3.63, 3.8) is 0 Å². The van der Waals surface area contributed by atoms with Crippen LogP contribution in [0.1, 0.15) is 109 Å². The van der Waals surface area contributed by atoms with Crippen LogP contribution in [0.2, 0.25) is 5.15 Å². The Morgan fingerprint density at radius 3 is 1.95 bits per heavy atom. The smallest absolute Gasteiger partial charge is 0.407 e. The predicted molar refractivity (Wildman–Crippen MR) is 240 cm³/mol. The van der Waals surface area contributed by atoms with Crippen molar-refractivity contribution in [1.82, 2.24) is 40.4 Å². The summed E-state index contributed by atoms with van der Waals surface area (Å²) >= 11 is 6.88. The largest absolute Gasteiger partial charge is 0.488 e. The summed E-state index contributed by atoms with van der Waals surface area (Å²) in [4.78, 5) is 73.4. The number of methoxy groups -OCH3 is 2. The van der Waals surface area contributed by atoms with Crippen LogP contribution in [0.15, 0.2) is 42.5 Å². The average Bonchev–Trinajstić information content (AvgIpc) is 4.10. The lowest BCUT2D eigenvalue weighted by Gasteiger charge is -2.33. The van der Waals surface area contributed by atoms with Crippen LogP contribution in [-0.2, 0) is 25.7 Å². The van der Waals surface area contributed by atoms with Gasteiger partial charge < -0.3 is 44.6 Å². The third-order valence-electron chi connectivity index (χ3n) is 13.7. The van der Waals surface area contributed by atoms with Crippen molar-refractivity contribution < 1.29 is 33.4 Å². The van der Waals surface area contributed by atoms with Gasteiger partial charge in [-0.2, -0.15) is 0 Å². The van der Waals surface area contributed by atoms with Crippen molar-refractivity contribution in [2.75, 3.05) is 14.2 Å². The Morgan fingerprint density at radius 2 is 1.38 bits per heavy atom. The van der Waals surface area contributed by atoms with Gasteiger partial charge in [0, 0.05) is 28.6 Å². The van der Waals surface area contributed by atoms with Crippen molar-refractivity contribution in [2.24, 2.45) is 11.8 Å². The van der Waals surface area contributed by atoms with Crippen molar-refractivity contribution >= 4 is 57.4 Å². The van der Waals surface area contributed by atoms with Gasteiger partial charge in [0.2, 0.25) is 11.8 Å². The van der Waals surface area contributed by atoms with Crippen molar-refractivity contribution in [3.05, 3.63) is 64.8 Å². The first-order valence-electron chi connectivity index (χ1n) is 22.1. The van der Waals surface area contributed by atoms with Gasteiger partial charge in [0.25, 0.3) is 0 Å². The molecule has 8 atom stereocenters. The number of carbonyl (C=O) groups is 4. The molecule has 63 heavy (non-hydrogen) atoms. The zero-order valence-electron chi connectivity index (χ0n) is 37.1. The number of amides is 4. The van der Waals surface area contributed by atoms with Crippen LogP contribution in [0.3, 0.4) is 0 Å². The summed E-state index contributed by atoms with van der Waals surface area (Å²) < 4.78 is 16.2. The Morgan fingerprint density at radius 1 is 0.794 bits per heavy atom. The molecular formula is C47H57ClN8O7. The minimum atomic E-state index is -0.741. The summed E-state index contributed by atoms with van der Waals surface area (Å²) in [5.74, 6) is 1.54. The number of halogens is 1. The fourth-order valence-corrected chi connectivity index (χ4v) is 9.88. The quantitative estimate of drug-likeness (QED) is 0.101. The number of imidazole rings is 2. The van der Waals surface area contributed by atoms with Gasteiger partial charge in [-0.05, 0) is 92.1 Å². The first kappa shape index (κ1) is 43.8. The molecule has 2 fully saturated rings. The van der Waals surface area contributed by atoms with Gasteiger partial charge in [0.05, 0.1) is 37.3 Å². The molecule has 5 heterocycles. The van der Waals surface area contributed by atoms with Crippen LogP contribution < -0.4 is 15.4 Å². The number of carbonyl (C=O) groups excluding carboxylic acids is 4. The Balaban J connectivity index is 1.06. The van der Waals surface area contributed by atoms with E-state index in [1.54, 1.807) is 0 Å². The minimum absolute atomic E-state index is 0.0340. The summed E-state index contributed by atoms with van der Waals surface area (Å²) in [6, 6.07) is 12.2. The molecule has 3 aliphatic rings. The maximum Gasteiger partial charge on any atom is 0.407 e. The van der Waals surface area contributed by atoms with E-state index < -0.39 is 24.3 Å². The number of fused-ring (bicyclic) bond motifs is 6. The second-order valence-electron chi connectivity index (χ2n) is 17.5. The Hall–Kier alpha value is -5.83. The summed E-state index contributed by atoms with van der Waals surface area (Å²) in [6.45, 7) is 12.3. The van der Waals surface area contributed by atoms with E-state index in [-0.39, 0.29) is 47.8 Å². The van der Waals surface area contributed by atoms with E-state index in [0.717, 1.165) is 69.1 Å². The normalized spacial score (nSPS) is 21.3. The highest BCUT2D eigenvalue weighted by Crippen LogP contribution is 2.45. The molecule has 5 aromatic rings. The van der Waals surface area contributed by atoms with Gasteiger partial charge in [0.15, 0.2) is 0 Å². The number of alkyl carbamates (subject to hydrolysis) is 2. The lowest BCUT2D eigenvalue weighted by molar-refractivity contribution is -0.138. The van der Waals surface area contributed by atoms with Crippen LogP contribution in [0.25, 0.3) is 44.2 Å². The van der Waals surface area contributed by atoms with E-state index >= 15 is 0 Å². The van der Waals surface area contributed by atoms with Gasteiger partial charge in [-0.15, -0.1) is 0 Å². The molecule has 8 rings (SSSR count). The van der Waals surface area contributed by atoms with E-state index in [4.69, 9.17) is 35.8 Å². The second-order valence-corrected chi connectivity index (χ2v) is 17.9. The van der Waals surface area contributed by atoms with Crippen LogP contribution in [0, 0.1) is 11.8 Å². The van der Waals surface area contributed by atoms with E-state index in [0.29, 0.717) is 48.4 Å². The molecule has 0 aliphatic carbocycles. The molecule has 0 bridgehead atoms. The fraction of sp³-hybridized carbons (Fsp3) is 0.489. The number of benzene rings is 3. The molecule has 3 aliphatic heterocycles. The topological polar surface area (TPSA) is 184 Å². The number of ether oxygens (including phenoxy) is 3. The molecule has 16 heteroatoms. The number of H-pyrrole nitrogens is 2. The van der Waals surface area contributed by atoms with E-state index in [2.05, 4.69) is 44.9 Å². The third kappa shape index (κ3) is 8.04. The Labute approximate surface area is 372 Å². The van der Waals surface area contributed by atoms with Gasteiger partial charge in [-0.25, -0.2) is 19.6 Å².